The first-order valence-electron chi connectivity index (χ1n) is 4.21. The summed E-state index contributed by atoms with van der Waals surface area (Å²) in [7, 11) is 0. The van der Waals surface area contributed by atoms with E-state index < -0.39 is 18.4 Å². The number of phenolic OH excluding ortho intramolecular Hbond substituents is 1. The van der Waals surface area contributed by atoms with E-state index in [-0.39, 0.29) is 5.75 Å². The first kappa shape index (κ1) is 11.3. The lowest BCUT2D eigenvalue weighted by Gasteiger charge is -2.19. The number of hydrogen-bond acceptors (Lipinski definition) is 4. The van der Waals surface area contributed by atoms with Gasteiger partial charge in [-0.05, 0) is 17.7 Å². The van der Waals surface area contributed by atoms with Crippen LogP contribution in [0.15, 0.2) is 24.3 Å². The average Bonchev–Trinajstić information content (AvgIpc) is 2.15. The number of carbonyl (C=O) groups is 1. The molecule has 0 spiro atoms. The van der Waals surface area contributed by atoms with Gasteiger partial charge in [0.05, 0.1) is 0 Å². The average molecular weight is 212 g/mol. The van der Waals surface area contributed by atoms with E-state index in [1.165, 1.54) is 24.3 Å². The van der Waals surface area contributed by atoms with Crippen LogP contribution in [-0.4, -0.2) is 27.6 Å². The number of benzene rings is 1. The summed E-state index contributed by atoms with van der Waals surface area (Å²) in [5.41, 5.74) is 5.31. The lowest BCUT2D eigenvalue weighted by molar-refractivity contribution is -0.0650. The molecular formula is C9H12N2O4. The number of rotatable bonds is 3. The molecule has 0 aliphatic carbocycles. The number of hydrogen-bond donors (Lipinski definition) is 5. The van der Waals surface area contributed by atoms with E-state index >= 15 is 0 Å². The standard InChI is InChI=1S/C9H12N2O4/c10-9(15)11-7(8(13)14)5-1-3-6(12)4-2-5/h1-4,7-8,12-14H,(H3,10,11,15)/t7-/m1/s1. The van der Waals surface area contributed by atoms with E-state index in [1.807, 2.05) is 0 Å². The molecule has 0 aromatic heterocycles. The van der Waals surface area contributed by atoms with Crippen molar-refractivity contribution in [3.63, 3.8) is 0 Å². The lowest BCUT2D eigenvalue weighted by Crippen LogP contribution is -2.39. The molecule has 6 heteroatoms. The van der Waals surface area contributed by atoms with Crippen molar-refractivity contribution in [2.24, 2.45) is 5.73 Å². The number of phenols is 1. The molecule has 0 radical (unpaired) electrons. The highest BCUT2D eigenvalue weighted by molar-refractivity contribution is 5.72. The zero-order valence-corrected chi connectivity index (χ0v) is 7.79. The number of primary amides is 1. The molecule has 6 N–H and O–H groups in total. The van der Waals surface area contributed by atoms with Crippen molar-refractivity contribution >= 4 is 6.03 Å². The van der Waals surface area contributed by atoms with Crippen LogP contribution in [0, 0.1) is 0 Å². The molecule has 0 heterocycles. The van der Waals surface area contributed by atoms with E-state index in [2.05, 4.69) is 5.32 Å². The van der Waals surface area contributed by atoms with Gasteiger partial charge in [0.25, 0.3) is 0 Å². The summed E-state index contributed by atoms with van der Waals surface area (Å²) in [4.78, 5) is 10.6. The summed E-state index contributed by atoms with van der Waals surface area (Å²) in [5.74, 6) is 0.0454. The largest absolute Gasteiger partial charge is 0.508 e. The molecule has 0 saturated heterocycles. The quantitative estimate of drug-likeness (QED) is 0.431. The van der Waals surface area contributed by atoms with Gasteiger partial charge in [-0.2, -0.15) is 0 Å². The van der Waals surface area contributed by atoms with Crippen LogP contribution in [0.1, 0.15) is 11.6 Å². The minimum atomic E-state index is -1.76. The summed E-state index contributed by atoms with van der Waals surface area (Å²) >= 11 is 0. The summed E-state index contributed by atoms with van der Waals surface area (Å²) in [5, 5.41) is 29.2. The van der Waals surface area contributed by atoms with Crippen molar-refractivity contribution in [3.8, 4) is 5.75 Å². The Morgan fingerprint density at radius 1 is 1.27 bits per heavy atom. The SMILES string of the molecule is NC(=O)N[C@H](c1ccc(O)cc1)C(O)O. The molecule has 82 valence electrons. The number of aromatic hydroxyl groups is 1. The number of aliphatic hydroxyl groups excluding tert-OH is 1. The maximum atomic E-state index is 10.6. The number of urea groups is 1. The Labute approximate surface area is 86.0 Å². The maximum absolute atomic E-state index is 10.6. The van der Waals surface area contributed by atoms with Crippen LogP contribution in [-0.2, 0) is 0 Å². The fourth-order valence-corrected chi connectivity index (χ4v) is 1.16. The van der Waals surface area contributed by atoms with Crippen molar-refractivity contribution in [2.45, 2.75) is 12.3 Å². The minimum Gasteiger partial charge on any atom is -0.508 e. The fourth-order valence-electron chi connectivity index (χ4n) is 1.16. The van der Waals surface area contributed by atoms with E-state index in [4.69, 9.17) is 21.1 Å². The molecule has 1 rings (SSSR count). The van der Waals surface area contributed by atoms with E-state index in [0.717, 1.165) is 0 Å². The number of nitrogens with one attached hydrogen (secondary N) is 1. The van der Waals surface area contributed by atoms with Gasteiger partial charge in [0.15, 0.2) is 6.29 Å². The van der Waals surface area contributed by atoms with Gasteiger partial charge in [-0.3, -0.25) is 0 Å². The fraction of sp³-hybridized carbons (Fsp3) is 0.222. The Hall–Kier alpha value is -1.79. The molecule has 15 heavy (non-hydrogen) atoms. The second-order valence-electron chi connectivity index (χ2n) is 2.99. The molecule has 0 saturated carbocycles. The van der Waals surface area contributed by atoms with Crippen molar-refractivity contribution in [3.05, 3.63) is 29.8 Å². The van der Waals surface area contributed by atoms with Crippen molar-refractivity contribution in [2.75, 3.05) is 0 Å². The van der Waals surface area contributed by atoms with Crippen LogP contribution in [0.4, 0.5) is 4.79 Å². The van der Waals surface area contributed by atoms with Gasteiger partial charge < -0.3 is 26.4 Å². The predicted octanol–water partition coefficient (Wildman–Crippen LogP) is -0.588. The smallest absolute Gasteiger partial charge is 0.312 e. The predicted molar refractivity (Wildman–Crippen MR) is 51.8 cm³/mol. The molecule has 0 aliphatic heterocycles. The molecular weight excluding hydrogens is 200 g/mol. The summed E-state index contributed by atoms with van der Waals surface area (Å²) in [6, 6.07) is 3.77. The van der Waals surface area contributed by atoms with Gasteiger partial charge in [0, 0.05) is 0 Å². The van der Waals surface area contributed by atoms with Gasteiger partial charge >= 0.3 is 6.03 Å². The first-order chi connectivity index (χ1) is 7.00. The van der Waals surface area contributed by atoms with E-state index in [0.29, 0.717) is 5.56 Å². The lowest BCUT2D eigenvalue weighted by atomic mass is 10.1. The van der Waals surface area contributed by atoms with Gasteiger partial charge in [-0.1, -0.05) is 12.1 Å². The summed E-state index contributed by atoms with van der Waals surface area (Å²) in [6.07, 6.45) is -1.76. The van der Waals surface area contributed by atoms with E-state index in [9.17, 15) is 4.79 Å². The topological polar surface area (TPSA) is 116 Å². The van der Waals surface area contributed by atoms with Crippen molar-refractivity contribution < 1.29 is 20.1 Å². The molecule has 0 fully saturated rings. The Morgan fingerprint density at radius 2 is 1.80 bits per heavy atom. The molecule has 0 unspecified atom stereocenters. The number of aliphatic hydroxyl groups is 2. The van der Waals surface area contributed by atoms with Crippen molar-refractivity contribution in [1.29, 1.82) is 0 Å². The first-order valence-corrected chi connectivity index (χ1v) is 4.21. The molecule has 0 aliphatic rings. The molecule has 0 bridgehead atoms. The van der Waals surface area contributed by atoms with Gasteiger partial charge in [0.2, 0.25) is 0 Å². The molecule has 2 amide bonds. The van der Waals surface area contributed by atoms with Gasteiger partial charge in [-0.25, -0.2) is 4.79 Å². The van der Waals surface area contributed by atoms with E-state index in [1.54, 1.807) is 0 Å². The third-order valence-electron chi connectivity index (χ3n) is 1.85. The highest BCUT2D eigenvalue weighted by atomic mass is 16.5. The number of nitrogens with two attached hydrogens (primary N) is 1. The molecule has 1 aromatic carbocycles. The normalized spacial score (nSPS) is 12.5. The van der Waals surface area contributed by atoms with Crippen LogP contribution >= 0.6 is 0 Å². The van der Waals surface area contributed by atoms with Crippen LogP contribution in [0.2, 0.25) is 0 Å². The molecule has 1 aromatic rings. The van der Waals surface area contributed by atoms with Crippen LogP contribution in [0.5, 0.6) is 5.75 Å². The Kier molecular flexibility index (Phi) is 3.48. The van der Waals surface area contributed by atoms with Crippen molar-refractivity contribution in [1.82, 2.24) is 5.32 Å². The van der Waals surface area contributed by atoms with Crippen LogP contribution in [0.25, 0.3) is 0 Å². The van der Waals surface area contributed by atoms with Gasteiger partial charge in [0.1, 0.15) is 11.8 Å². The Morgan fingerprint density at radius 3 is 2.20 bits per heavy atom. The second-order valence-corrected chi connectivity index (χ2v) is 2.99. The third kappa shape index (κ3) is 3.12. The zero-order valence-electron chi connectivity index (χ0n) is 7.79. The maximum Gasteiger partial charge on any atom is 0.312 e. The minimum absolute atomic E-state index is 0.0454. The number of carbonyl (C=O) groups excluding carboxylic acids is 1. The van der Waals surface area contributed by atoms with Crippen LogP contribution < -0.4 is 11.1 Å². The summed E-state index contributed by atoms with van der Waals surface area (Å²) in [6.45, 7) is 0. The molecule has 1 atom stereocenters. The van der Waals surface area contributed by atoms with Crippen LogP contribution in [0.3, 0.4) is 0 Å². The monoisotopic (exact) mass is 212 g/mol. The third-order valence-corrected chi connectivity index (χ3v) is 1.85. The molecule has 6 nitrogen and oxygen atoms in total. The zero-order chi connectivity index (χ0) is 11.4. The number of amides is 2. The summed E-state index contributed by atoms with van der Waals surface area (Å²) < 4.78 is 0. The Bertz CT molecular complexity index is 336. The highest BCUT2D eigenvalue weighted by Gasteiger charge is 2.19. The highest BCUT2D eigenvalue weighted by Crippen LogP contribution is 2.18. The second kappa shape index (κ2) is 4.63. The van der Waals surface area contributed by atoms with Gasteiger partial charge in [-0.15, -0.1) is 0 Å². The Balaban J connectivity index is 2.88.